The van der Waals surface area contributed by atoms with Crippen molar-refractivity contribution in [2.75, 3.05) is 23.9 Å². The summed E-state index contributed by atoms with van der Waals surface area (Å²) in [4.78, 5) is 31.0. The zero-order valence-corrected chi connectivity index (χ0v) is 20.5. The summed E-state index contributed by atoms with van der Waals surface area (Å²) in [6.45, 7) is 2.51. The number of aryl methyl sites for hydroxylation is 1. The molecule has 0 spiro atoms. The SMILES string of the molecule is Cc1ccccc1Nc1nc2ccc(CC(=O)N(C)c3ccc(C4CCCOC(=O)C4)cc3)cc2o1. The van der Waals surface area contributed by atoms with E-state index in [9.17, 15) is 9.59 Å². The average molecular weight is 484 g/mol. The Labute approximate surface area is 210 Å². The molecule has 1 amide bonds. The third-order valence-corrected chi connectivity index (χ3v) is 6.69. The molecule has 0 radical (unpaired) electrons. The van der Waals surface area contributed by atoms with Crippen molar-refractivity contribution in [2.45, 2.75) is 38.5 Å². The number of oxazole rings is 1. The number of para-hydroxylation sites is 1. The van der Waals surface area contributed by atoms with E-state index >= 15 is 0 Å². The van der Waals surface area contributed by atoms with Crippen molar-refractivity contribution >= 4 is 40.4 Å². The maximum absolute atomic E-state index is 13.0. The van der Waals surface area contributed by atoms with Crippen LogP contribution in [0.1, 0.15) is 41.9 Å². The second-order valence-corrected chi connectivity index (χ2v) is 9.25. The summed E-state index contributed by atoms with van der Waals surface area (Å²) >= 11 is 0. The predicted octanol–water partition coefficient (Wildman–Crippen LogP) is 5.90. The highest BCUT2D eigenvalue weighted by molar-refractivity contribution is 5.94. The molecule has 1 unspecified atom stereocenters. The second kappa shape index (κ2) is 10.2. The summed E-state index contributed by atoms with van der Waals surface area (Å²) in [6, 6.07) is 21.9. The smallest absolute Gasteiger partial charge is 0.306 e. The van der Waals surface area contributed by atoms with Gasteiger partial charge in [0.15, 0.2) is 5.58 Å². The Balaban J connectivity index is 1.25. The van der Waals surface area contributed by atoms with Crippen LogP contribution in [0.2, 0.25) is 0 Å². The van der Waals surface area contributed by atoms with E-state index in [1.165, 1.54) is 0 Å². The monoisotopic (exact) mass is 483 g/mol. The average Bonchev–Trinajstić information content (AvgIpc) is 3.15. The molecule has 1 fully saturated rings. The molecule has 0 bridgehead atoms. The summed E-state index contributed by atoms with van der Waals surface area (Å²) in [5, 5.41) is 3.22. The van der Waals surface area contributed by atoms with Gasteiger partial charge in [-0.15, -0.1) is 0 Å². The minimum Gasteiger partial charge on any atom is -0.466 e. The van der Waals surface area contributed by atoms with Gasteiger partial charge in [-0.05, 0) is 72.7 Å². The first kappa shape index (κ1) is 23.6. The van der Waals surface area contributed by atoms with Gasteiger partial charge in [0.25, 0.3) is 6.01 Å². The molecule has 1 aliphatic heterocycles. The first-order valence-corrected chi connectivity index (χ1v) is 12.2. The largest absolute Gasteiger partial charge is 0.466 e. The van der Waals surface area contributed by atoms with Crippen LogP contribution < -0.4 is 10.2 Å². The van der Waals surface area contributed by atoms with E-state index in [4.69, 9.17) is 9.15 Å². The number of nitrogens with zero attached hydrogens (tertiary/aromatic N) is 2. The predicted molar refractivity (Wildman–Crippen MR) is 140 cm³/mol. The molecular formula is C29H29N3O4. The number of ether oxygens (including phenoxy) is 1. The van der Waals surface area contributed by atoms with Gasteiger partial charge in [-0.25, -0.2) is 0 Å². The topological polar surface area (TPSA) is 84.7 Å². The minimum absolute atomic E-state index is 0.0297. The molecule has 0 saturated carbocycles. The first-order valence-electron chi connectivity index (χ1n) is 12.2. The van der Waals surface area contributed by atoms with Crippen molar-refractivity contribution in [3.8, 4) is 0 Å². The van der Waals surface area contributed by atoms with Gasteiger partial charge in [-0.2, -0.15) is 4.98 Å². The number of benzene rings is 3. The van der Waals surface area contributed by atoms with Gasteiger partial charge in [-0.1, -0.05) is 36.4 Å². The highest BCUT2D eigenvalue weighted by Gasteiger charge is 2.21. The fourth-order valence-electron chi connectivity index (χ4n) is 4.53. The number of amides is 1. The van der Waals surface area contributed by atoms with Gasteiger partial charge >= 0.3 is 5.97 Å². The highest BCUT2D eigenvalue weighted by Crippen LogP contribution is 2.30. The van der Waals surface area contributed by atoms with Crippen molar-refractivity contribution in [3.05, 3.63) is 83.4 Å². The summed E-state index contributed by atoms with van der Waals surface area (Å²) in [5.41, 5.74) is 6.16. The number of rotatable bonds is 6. The fourth-order valence-corrected chi connectivity index (χ4v) is 4.53. The van der Waals surface area contributed by atoms with Crippen molar-refractivity contribution < 1.29 is 18.7 Å². The van der Waals surface area contributed by atoms with Crippen LogP contribution in [0.4, 0.5) is 17.4 Å². The molecule has 1 aliphatic rings. The van der Waals surface area contributed by atoms with E-state index in [-0.39, 0.29) is 24.2 Å². The Kier molecular flexibility index (Phi) is 6.71. The highest BCUT2D eigenvalue weighted by atomic mass is 16.5. The van der Waals surface area contributed by atoms with Gasteiger partial charge in [0.2, 0.25) is 5.91 Å². The number of carbonyl (C=O) groups excluding carboxylic acids is 2. The minimum atomic E-state index is -0.143. The lowest BCUT2D eigenvalue weighted by Gasteiger charge is -2.19. The zero-order valence-electron chi connectivity index (χ0n) is 20.5. The molecule has 7 heteroatoms. The molecule has 1 N–H and O–H groups in total. The lowest BCUT2D eigenvalue weighted by atomic mass is 9.92. The summed E-state index contributed by atoms with van der Waals surface area (Å²) in [5.74, 6) is -0.0116. The van der Waals surface area contributed by atoms with E-state index in [0.29, 0.717) is 24.6 Å². The van der Waals surface area contributed by atoms with E-state index in [1.54, 1.807) is 11.9 Å². The van der Waals surface area contributed by atoms with Crippen LogP contribution >= 0.6 is 0 Å². The Morgan fingerprint density at radius 3 is 2.72 bits per heavy atom. The van der Waals surface area contributed by atoms with Crippen molar-refractivity contribution in [3.63, 3.8) is 0 Å². The molecule has 0 aliphatic carbocycles. The number of esters is 1. The number of fused-ring (bicyclic) bond motifs is 1. The van der Waals surface area contributed by atoms with Crippen LogP contribution in [0, 0.1) is 6.92 Å². The number of carbonyl (C=O) groups is 2. The maximum atomic E-state index is 13.0. The van der Waals surface area contributed by atoms with Crippen LogP contribution in [0.5, 0.6) is 0 Å². The molecule has 3 aromatic carbocycles. The number of nitrogens with one attached hydrogen (secondary N) is 1. The molecule has 1 atom stereocenters. The quantitative estimate of drug-likeness (QED) is 0.344. The van der Waals surface area contributed by atoms with Crippen LogP contribution in [0.15, 0.2) is 71.1 Å². The summed E-state index contributed by atoms with van der Waals surface area (Å²) in [7, 11) is 1.78. The first-order chi connectivity index (χ1) is 17.5. The van der Waals surface area contributed by atoms with Gasteiger partial charge in [0.05, 0.1) is 19.4 Å². The van der Waals surface area contributed by atoms with Gasteiger partial charge in [0.1, 0.15) is 5.52 Å². The van der Waals surface area contributed by atoms with E-state index in [0.717, 1.165) is 46.4 Å². The lowest BCUT2D eigenvalue weighted by molar-refractivity contribution is -0.142. The number of likely N-dealkylation sites (N-methyl/N-ethyl adjacent to an activating group) is 1. The van der Waals surface area contributed by atoms with Crippen LogP contribution in [-0.2, 0) is 20.7 Å². The number of cyclic esters (lactones) is 1. The molecule has 1 saturated heterocycles. The molecular weight excluding hydrogens is 454 g/mol. The van der Waals surface area contributed by atoms with E-state index in [2.05, 4.69) is 10.3 Å². The van der Waals surface area contributed by atoms with Gasteiger partial charge in [0, 0.05) is 18.4 Å². The Morgan fingerprint density at radius 2 is 1.92 bits per heavy atom. The molecule has 5 rings (SSSR count). The van der Waals surface area contributed by atoms with Gasteiger partial charge < -0.3 is 19.4 Å². The Morgan fingerprint density at radius 1 is 1.11 bits per heavy atom. The van der Waals surface area contributed by atoms with Crippen molar-refractivity contribution in [1.29, 1.82) is 0 Å². The molecule has 4 aromatic rings. The maximum Gasteiger partial charge on any atom is 0.306 e. The van der Waals surface area contributed by atoms with Crippen LogP contribution in [0.3, 0.4) is 0 Å². The molecule has 36 heavy (non-hydrogen) atoms. The number of aromatic nitrogens is 1. The number of hydrogen-bond acceptors (Lipinski definition) is 6. The Bertz CT molecular complexity index is 1390. The third kappa shape index (κ3) is 5.25. The zero-order chi connectivity index (χ0) is 25.1. The molecule has 184 valence electrons. The normalized spacial score (nSPS) is 15.8. The second-order valence-electron chi connectivity index (χ2n) is 9.25. The van der Waals surface area contributed by atoms with Gasteiger partial charge in [-0.3, -0.25) is 9.59 Å². The third-order valence-electron chi connectivity index (χ3n) is 6.69. The van der Waals surface area contributed by atoms with Crippen molar-refractivity contribution in [1.82, 2.24) is 4.98 Å². The lowest BCUT2D eigenvalue weighted by Crippen LogP contribution is -2.27. The summed E-state index contributed by atoms with van der Waals surface area (Å²) in [6.07, 6.45) is 2.44. The molecule has 1 aromatic heterocycles. The Hall–Kier alpha value is -4.13. The number of anilines is 3. The van der Waals surface area contributed by atoms with E-state index < -0.39 is 0 Å². The summed E-state index contributed by atoms with van der Waals surface area (Å²) < 4.78 is 11.1. The van der Waals surface area contributed by atoms with Crippen molar-refractivity contribution in [2.24, 2.45) is 0 Å². The van der Waals surface area contributed by atoms with E-state index in [1.807, 2.05) is 73.7 Å². The fraction of sp³-hybridized carbons (Fsp3) is 0.276. The number of hydrogen-bond donors (Lipinski definition) is 1. The van der Waals surface area contributed by atoms with Crippen LogP contribution in [-0.4, -0.2) is 30.5 Å². The molecule has 7 nitrogen and oxygen atoms in total. The standard InChI is InChI=1S/C29H29N3O4/c1-19-6-3-4-8-24(19)30-29-31-25-14-9-20(16-26(25)36-29)17-27(33)32(2)23-12-10-21(11-13-23)22-7-5-15-35-28(34)18-22/h3-4,6,8-14,16,22H,5,7,15,17-18H2,1-2H3,(H,30,31). The molecule has 2 heterocycles. The van der Waals surface area contributed by atoms with Crippen LogP contribution in [0.25, 0.3) is 11.1 Å².